The van der Waals surface area contributed by atoms with Gasteiger partial charge in [-0.2, -0.15) is 8.78 Å². The molecule has 82 valence electrons. The highest BCUT2D eigenvalue weighted by Crippen LogP contribution is 2.27. The van der Waals surface area contributed by atoms with Crippen molar-refractivity contribution in [2.24, 2.45) is 5.84 Å². The third-order valence-electron chi connectivity index (χ3n) is 1.85. The monoisotopic (exact) mass is 226 g/mol. The molecule has 1 saturated heterocycles. The summed E-state index contributed by atoms with van der Waals surface area (Å²) in [6, 6.07) is 0. The first-order valence-electron chi connectivity index (χ1n) is 4.14. The summed E-state index contributed by atoms with van der Waals surface area (Å²) in [6.07, 6.45) is 0.755. The molecule has 3 N–H and O–H groups in total. The Morgan fingerprint density at radius 2 is 2.43 bits per heavy atom. The van der Waals surface area contributed by atoms with Crippen molar-refractivity contribution in [1.82, 2.24) is 5.43 Å². The Hall–Kier alpha value is -0.400. The molecule has 1 unspecified atom stereocenters. The van der Waals surface area contributed by atoms with Crippen molar-refractivity contribution in [3.8, 4) is 0 Å². The number of ether oxygens (including phenoxy) is 1. The molecule has 1 amide bonds. The first-order valence-corrected chi connectivity index (χ1v) is 5.19. The molecular weight excluding hydrogens is 214 g/mol. The predicted octanol–water partition coefficient (Wildman–Crippen LogP) is 0.134. The third-order valence-corrected chi connectivity index (χ3v) is 3.22. The van der Waals surface area contributed by atoms with Crippen LogP contribution in [0.25, 0.3) is 0 Å². The van der Waals surface area contributed by atoms with Gasteiger partial charge in [-0.05, 0) is 6.42 Å². The van der Waals surface area contributed by atoms with Gasteiger partial charge in [0.2, 0.25) is 0 Å². The largest absolute Gasteiger partial charge is 0.380 e. The maximum atomic E-state index is 12.9. The van der Waals surface area contributed by atoms with Gasteiger partial charge in [-0.25, -0.2) is 5.84 Å². The highest BCUT2D eigenvalue weighted by molar-refractivity contribution is 8.00. The van der Waals surface area contributed by atoms with Gasteiger partial charge in [0.15, 0.2) is 0 Å². The van der Waals surface area contributed by atoms with E-state index in [4.69, 9.17) is 4.74 Å². The van der Waals surface area contributed by atoms with Crippen LogP contribution in [0.4, 0.5) is 8.78 Å². The van der Waals surface area contributed by atoms with Gasteiger partial charge in [0.1, 0.15) is 0 Å². The van der Waals surface area contributed by atoms with Crippen LogP contribution in [-0.4, -0.2) is 36.0 Å². The molecule has 4 nitrogen and oxygen atoms in total. The van der Waals surface area contributed by atoms with Crippen molar-refractivity contribution in [1.29, 1.82) is 0 Å². The second-order valence-corrected chi connectivity index (χ2v) is 4.26. The number of hydrazine groups is 1. The summed E-state index contributed by atoms with van der Waals surface area (Å²) in [5.74, 6) is -0.765. The van der Waals surface area contributed by atoms with E-state index in [2.05, 4.69) is 5.84 Å². The Kier molecular flexibility index (Phi) is 4.09. The van der Waals surface area contributed by atoms with Crippen LogP contribution in [0, 0.1) is 0 Å². The van der Waals surface area contributed by atoms with E-state index in [0.29, 0.717) is 13.2 Å². The van der Waals surface area contributed by atoms with E-state index in [1.807, 2.05) is 0 Å². The van der Waals surface area contributed by atoms with Gasteiger partial charge in [-0.1, -0.05) is 0 Å². The third kappa shape index (κ3) is 3.07. The van der Waals surface area contributed by atoms with Crippen LogP contribution < -0.4 is 11.3 Å². The normalized spacial score (nSPS) is 22.4. The molecule has 7 heteroatoms. The molecule has 1 aliphatic rings. The van der Waals surface area contributed by atoms with Crippen molar-refractivity contribution >= 4 is 17.7 Å². The summed E-state index contributed by atoms with van der Waals surface area (Å²) < 4.78 is 30.9. The topological polar surface area (TPSA) is 64.3 Å². The van der Waals surface area contributed by atoms with Gasteiger partial charge < -0.3 is 4.74 Å². The van der Waals surface area contributed by atoms with Gasteiger partial charge in [0, 0.05) is 11.9 Å². The highest BCUT2D eigenvalue weighted by atomic mass is 32.2. The Morgan fingerprint density at radius 1 is 1.71 bits per heavy atom. The van der Waals surface area contributed by atoms with E-state index in [-0.39, 0.29) is 5.25 Å². The number of hydrogen-bond donors (Lipinski definition) is 2. The average Bonchev–Trinajstić information content (AvgIpc) is 2.66. The summed E-state index contributed by atoms with van der Waals surface area (Å²) in [5, 5.41) is 0.0615. The molecule has 0 aliphatic carbocycles. The molecule has 0 aromatic heterocycles. The lowest BCUT2D eigenvalue weighted by molar-refractivity contribution is -0.142. The number of rotatable bonds is 4. The van der Waals surface area contributed by atoms with Crippen LogP contribution in [-0.2, 0) is 9.53 Å². The minimum Gasteiger partial charge on any atom is -0.380 e. The summed E-state index contributed by atoms with van der Waals surface area (Å²) in [4.78, 5) is 10.6. The van der Waals surface area contributed by atoms with Crippen molar-refractivity contribution < 1.29 is 18.3 Å². The second kappa shape index (κ2) is 4.90. The standard InChI is InChI=1S/C7H12F2N2O2S/c8-7(9,6(12)11-10)4-14-5-1-2-13-3-5/h5H,1-4,10H2,(H,11,12). The molecule has 1 heterocycles. The zero-order valence-corrected chi connectivity index (χ0v) is 8.28. The van der Waals surface area contributed by atoms with Crippen molar-refractivity contribution in [2.45, 2.75) is 17.6 Å². The number of nitrogens with one attached hydrogen (secondary N) is 1. The van der Waals surface area contributed by atoms with E-state index in [9.17, 15) is 13.6 Å². The molecule has 0 saturated carbocycles. The Morgan fingerprint density at radius 3 is 2.93 bits per heavy atom. The summed E-state index contributed by atoms with van der Waals surface area (Å²) >= 11 is 1.04. The molecule has 0 bridgehead atoms. The minimum atomic E-state index is -3.40. The lowest BCUT2D eigenvalue weighted by Gasteiger charge is -2.15. The zero-order valence-electron chi connectivity index (χ0n) is 7.46. The minimum absolute atomic E-state index is 0.0615. The first kappa shape index (κ1) is 11.7. The predicted molar refractivity (Wildman–Crippen MR) is 49.0 cm³/mol. The fraction of sp³-hybridized carbons (Fsp3) is 0.857. The molecule has 0 radical (unpaired) electrons. The zero-order chi connectivity index (χ0) is 10.6. The van der Waals surface area contributed by atoms with Gasteiger partial charge in [-0.15, -0.1) is 11.8 Å². The summed E-state index contributed by atoms with van der Waals surface area (Å²) in [6.45, 7) is 1.08. The van der Waals surface area contributed by atoms with Crippen molar-refractivity contribution in [3.63, 3.8) is 0 Å². The maximum Gasteiger partial charge on any atom is 0.334 e. The summed E-state index contributed by atoms with van der Waals surface area (Å²) in [5.41, 5.74) is 1.45. The maximum absolute atomic E-state index is 12.9. The van der Waals surface area contributed by atoms with Crippen molar-refractivity contribution in [3.05, 3.63) is 0 Å². The van der Waals surface area contributed by atoms with Crippen LogP contribution in [0.2, 0.25) is 0 Å². The molecule has 1 aliphatic heterocycles. The SMILES string of the molecule is NNC(=O)C(F)(F)CSC1CCOC1. The van der Waals surface area contributed by atoms with Crippen LogP contribution in [0.15, 0.2) is 0 Å². The number of carbonyl (C=O) groups is 1. The van der Waals surface area contributed by atoms with Crippen LogP contribution in [0.1, 0.15) is 6.42 Å². The molecule has 1 rings (SSSR count). The quantitative estimate of drug-likeness (QED) is 0.406. The number of amides is 1. The number of carbonyl (C=O) groups excluding carboxylic acids is 1. The Balaban J connectivity index is 2.31. The lowest BCUT2D eigenvalue weighted by Crippen LogP contribution is -2.45. The van der Waals surface area contributed by atoms with E-state index >= 15 is 0 Å². The number of alkyl halides is 2. The van der Waals surface area contributed by atoms with Crippen LogP contribution in [0.5, 0.6) is 0 Å². The number of thioether (sulfide) groups is 1. The van der Waals surface area contributed by atoms with E-state index in [1.165, 1.54) is 5.43 Å². The second-order valence-electron chi connectivity index (χ2n) is 2.97. The molecule has 0 aromatic rings. The van der Waals surface area contributed by atoms with E-state index in [0.717, 1.165) is 18.2 Å². The fourth-order valence-electron chi connectivity index (χ4n) is 1.04. The number of hydrogen-bond acceptors (Lipinski definition) is 4. The number of nitrogens with two attached hydrogens (primary N) is 1. The molecule has 1 fully saturated rings. The van der Waals surface area contributed by atoms with E-state index in [1.54, 1.807) is 0 Å². The smallest absolute Gasteiger partial charge is 0.334 e. The lowest BCUT2D eigenvalue weighted by atomic mass is 10.4. The molecule has 0 aromatic carbocycles. The highest BCUT2D eigenvalue weighted by Gasteiger charge is 2.39. The average molecular weight is 226 g/mol. The number of halogens is 2. The van der Waals surface area contributed by atoms with Crippen LogP contribution in [0.3, 0.4) is 0 Å². The first-order chi connectivity index (χ1) is 6.56. The van der Waals surface area contributed by atoms with Gasteiger partial charge >= 0.3 is 11.8 Å². The molecule has 14 heavy (non-hydrogen) atoms. The van der Waals surface area contributed by atoms with E-state index < -0.39 is 17.6 Å². The van der Waals surface area contributed by atoms with Gasteiger partial charge in [-0.3, -0.25) is 10.2 Å². The molecular formula is C7H12F2N2O2S. The van der Waals surface area contributed by atoms with Gasteiger partial charge in [0.25, 0.3) is 0 Å². The van der Waals surface area contributed by atoms with Crippen molar-refractivity contribution in [2.75, 3.05) is 19.0 Å². The molecule has 0 spiro atoms. The fourth-order valence-corrected chi connectivity index (χ4v) is 2.07. The molecule has 1 atom stereocenters. The summed E-state index contributed by atoms with van der Waals surface area (Å²) in [7, 11) is 0. The Bertz CT molecular complexity index is 210. The van der Waals surface area contributed by atoms with Crippen LogP contribution >= 0.6 is 11.8 Å². The van der Waals surface area contributed by atoms with Gasteiger partial charge in [0.05, 0.1) is 12.4 Å². The Labute approximate surface area is 84.5 Å².